The van der Waals surface area contributed by atoms with Gasteiger partial charge in [0, 0.05) is 19.6 Å². The minimum atomic E-state index is -0.0215. The first-order valence-electron chi connectivity index (χ1n) is 7.67. The smallest absolute Gasteiger partial charge is 0.230 e. The third-order valence-corrected chi connectivity index (χ3v) is 4.57. The summed E-state index contributed by atoms with van der Waals surface area (Å²) in [7, 11) is 1.96. The van der Waals surface area contributed by atoms with Crippen molar-refractivity contribution in [2.75, 3.05) is 20.1 Å². The average molecular weight is 274 g/mol. The summed E-state index contributed by atoms with van der Waals surface area (Å²) < 4.78 is 0. The van der Waals surface area contributed by atoms with E-state index in [1.807, 2.05) is 30.1 Å². The van der Waals surface area contributed by atoms with Gasteiger partial charge in [0.25, 0.3) is 0 Å². The first-order chi connectivity index (χ1) is 9.65. The van der Waals surface area contributed by atoms with Crippen LogP contribution in [0.3, 0.4) is 0 Å². The van der Waals surface area contributed by atoms with Gasteiger partial charge in [-0.25, -0.2) is 0 Å². The third kappa shape index (κ3) is 3.21. The summed E-state index contributed by atoms with van der Waals surface area (Å²) in [6.07, 6.45) is 2.08. The van der Waals surface area contributed by atoms with E-state index in [-0.39, 0.29) is 11.8 Å². The third-order valence-electron chi connectivity index (χ3n) is 4.57. The fourth-order valence-electron chi connectivity index (χ4n) is 2.98. The summed E-state index contributed by atoms with van der Waals surface area (Å²) in [5.74, 6) is 0.604. The van der Waals surface area contributed by atoms with E-state index in [9.17, 15) is 4.79 Å². The summed E-state index contributed by atoms with van der Waals surface area (Å²) in [5.41, 5.74) is 1.14. The molecule has 0 spiro atoms. The highest BCUT2D eigenvalue weighted by Gasteiger charge is 2.32. The zero-order valence-corrected chi connectivity index (χ0v) is 12.8. The molecule has 1 aromatic rings. The van der Waals surface area contributed by atoms with Gasteiger partial charge in [0.15, 0.2) is 0 Å². The molecule has 110 valence electrons. The van der Waals surface area contributed by atoms with Crippen molar-refractivity contribution in [2.24, 2.45) is 5.92 Å². The van der Waals surface area contributed by atoms with Crippen molar-refractivity contribution in [3.63, 3.8) is 0 Å². The Morgan fingerprint density at radius 2 is 2.10 bits per heavy atom. The van der Waals surface area contributed by atoms with Gasteiger partial charge in [-0.05, 0) is 24.4 Å². The summed E-state index contributed by atoms with van der Waals surface area (Å²) in [6, 6.07) is 10.6. The number of nitrogens with zero attached hydrogens (tertiary/aromatic N) is 1. The first-order valence-corrected chi connectivity index (χ1v) is 7.67. The molecule has 1 aromatic carbocycles. The quantitative estimate of drug-likeness (QED) is 0.895. The van der Waals surface area contributed by atoms with Crippen LogP contribution < -0.4 is 5.32 Å². The van der Waals surface area contributed by atoms with Gasteiger partial charge >= 0.3 is 0 Å². The van der Waals surface area contributed by atoms with E-state index in [2.05, 4.69) is 31.3 Å². The normalized spacial score (nSPS) is 21.4. The molecule has 20 heavy (non-hydrogen) atoms. The molecule has 3 unspecified atom stereocenters. The summed E-state index contributed by atoms with van der Waals surface area (Å²) in [4.78, 5) is 14.9. The van der Waals surface area contributed by atoms with E-state index in [4.69, 9.17) is 0 Å². The number of carbonyl (C=O) groups excluding carboxylic acids is 1. The van der Waals surface area contributed by atoms with Crippen molar-refractivity contribution >= 4 is 5.91 Å². The van der Waals surface area contributed by atoms with Crippen LogP contribution >= 0.6 is 0 Å². The molecule has 1 saturated heterocycles. The lowest BCUT2D eigenvalue weighted by atomic mass is 9.84. The van der Waals surface area contributed by atoms with Gasteiger partial charge in [-0.2, -0.15) is 0 Å². The lowest BCUT2D eigenvalue weighted by Crippen LogP contribution is -2.42. The van der Waals surface area contributed by atoms with Crippen LogP contribution in [-0.2, 0) is 4.79 Å². The Balaban J connectivity index is 2.20. The Hall–Kier alpha value is -1.35. The number of rotatable bonds is 5. The van der Waals surface area contributed by atoms with E-state index in [0.29, 0.717) is 12.0 Å². The number of carbonyl (C=O) groups is 1. The highest BCUT2D eigenvalue weighted by molar-refractivity contribution is 5.84. The molecule has 0 aromatic heterocycles. The molecular formula is C17H26N2O. The number of hydrogen-bond donors (Lipinski definition) is 1. The van der Waals surface area contributed by atoms with Gasteiger partial charge in [-0.3, -0.25) is 4.79 Å². The average Bonchev–Trinajstić information content (AvgIpc) is 3.01. The Kier molecular flexibility index (Phi) is 5.18. The van der Waals surface area contributed by atoms with Crippen molar-refractivity contribution in [3.05, 3.63) is 35.9 Å². The van der Waals surface area contributed by atoms with Crippen LogP contribution in [0.1, 0.15) is 38.2 Å². The maximum absolute atomic E-state index is 12.9. The maximum Gasteiger partial charge on any atom is 0.230 e. The van der Waals surface area contributed by atoms with Gasteiger partial charge in [-0.1, -0.05) is 50.6 Å². The predicted octanol–water partition coefficient (Wildman–Crippen LogP) is 2.64. The van der Waals surface area contributed by atoms with Crippen LogP contribution in [0.2, 0.25) is 0 Å². The molecule has 1 aliphatic heterocycles. The second-order valence-corrected chi connectivity index (χ2v) is 5.87. The Labute approximate surface area is 122 Å². The van der Waals surface area contributed by atoms with E-state index >= 15 is 0 Å². The van der Waals surface area contributed by atoms with Crippen LogP contribution in [0.4, 0.5) is 0 Å². The second kappa shape index (κ2) is 6.89. The molecule has 3 heteroatoms. The number of benzene rings is 1. The van der Waals surface area contributed by atoms with E-state index < -0.39 is 0 Å². The van der Waals surface area contributed by atoms with Gasteiger partial charge < -0.3 is 10.2 Å². The molecule has 0 aliphatic carbocycles. The molecule has 1 heterocycles. The van der Waals surface area contributed by atoms with Crippen LogP contribution in [0.5, 0.6) is 0 Å². The zero-order chi connectivity index (χ0) is 14.5. The highest BCUT2D eigenvalue weighted by Crippen LogP contribution is 2.29. The van der Waals surface area contributed by atoms with Crippen molar-refractivity contribution in [3.8, 4) is 0 Å². The standard InChI is InChI=1S/C17H26N2O/c1-4-13(2)16(14-8-6-5-7-9-14)17(20)19(3)15-10-11-18-12-15/h5-9,13,15-16,18H,4,10-12H2,1-3H3. The number of nitrogens with one attached hydrogen (secondary N) is 1. The van der Waals surface area contributed by atoms with Crippen LogP contribution in [-0.4, -0.2) is 37.0 Å². The molecule has 2 rings (SSSR count). The van der Waals surface area contributed by atoms with E-state index in [1.54, 1.807) is 0 Å². The molecule has 1 amide bonds. The van der Waals surface area contributed by atoms with E-state index in [1.165, 1.54) is 0 Å². The van der Waals surface area contributed by atoms with Gasteiger partial charge in [0.1, 0.15) is 0 Å². The van der Waals surface area contributed by atoms with Gasteiger partial charge in [0.2, 0.25) is 5.91 Å². The van der Waals surface area contributed by atoms with Crippen LogP contribution in [0, 0.1) is 5.92 Å². The lowest BCUT2D eigenvalue weighted by molar-refractivity contribution is -0.134. The fraction of sp³-hybridized carbons (Fsp3) is 0.588. The SMILES string of the molecule is CCC(C)C(C(=O)N(C)C1CCNC1)c1ccccc1. The topological polar surface area (TPSA) is 32.3 Å². The lowest BCUT2D eigenvalue weighted by Gasteiger charge is -2.31. The predicted molar refractivity (Wildman–Crippen MR) is 82.7 cm³/mol. The highest BCUT2D eigenvalue weighted by atomic mass is 16.2. The molecule has 1 aliphatic rings. The minimum absolute atomic E-state index is 0.0215. The summed E-state index contributed by atoms with van der Waals surface area (Å²) in [5, 5.41) is 3.34. The Morgan fingerprint density at radius 1 is 1.40 bits per heavy atom. The van der Waals surface area contributed by atoms with Gasteiger partial charge in [0.05, 0.1) is 5.92 Å². The maximum atomic E-state index is 12.9. The molecule has 0 radical (unpaired) electrons. The first kappa shape index (κ1) is 15.0. The van der Waals surface area contributed by atoms with Crippen molar-refractivity contribution in [1.29, 1.82) is 0 Å². The van der Waals surface area contributed by atoms with Crippen molar-refractivity contribution < 1.29 is 4.79 Å². The molecule has 0 saturated carbocycles. The molecule has 3 atom stereocenters. The second-order valence-electron chi connectivity index (χ2n) is 5.87. The molecule has 1 N–H and O–H groups in total. The van der Waals surface area contributed by atoms with Gasteiger partial charge in [-0.15, -0.1) is 0 Å². The van der Waals surface area contributed by atoms with Crippen molar-refractivity contribution in [1.82, 2.24) is 10.2 Å². The number of likely N-dealkylation sites (N-methyl/N-ethyl adjacent to an activating group) is 1. The van der Waals surface area contributed by atoms with Crippen LogP contribution in [0.25, 0.3) is 0 Å². The zero-order valence-electron chi connectivity index (χ0n) is 12.8. The van der Waals surface area contributed by atoms with E-state index in [0.717, 1.165) is 31.5 Å². The van der Waals surface area contributed by atoms with Crippen LogP contribution in [0.15, 0.2) is 30.3 Å². The number of amides is 1. The van der Waals surface area contributed by atoms with Crippen molar-refractivity contribution in [2.45, 2.75) is 38.6 Å². The Bertz CT molecular complexity index is 426. The minimum Gasteiger partial charge on any atom is -0.341 e. The molecule has 3 nitrogen and oxygen atoms in total. The number of hydrogen-bond acceptors (Lipinski definition) is 2. The molecule has 1 fully saturated rings. The largest absolute Gasteiger partial charge is 0.341 e. The monoisotopic (exact) mass is 274 g/mol. The summed E-state index contributed by atoms with van der Waals surface area (Å²) >= 11 is 0. The molecular weight excluding hydrogens is 248 g/mol. The fourth-order valence-corrected chi connectivity index (χ4v) is 2.98. The molecule has 0 bridgehead atoms. The summed E-state index contributed by atoms with van der Waals surface area (Å²) in [6.45, 7) is 6.27. The Morgan fingerprint density at radius 3 is 2.65 bits per heavy atom.